The van der Waals surface area contributed by atoms with Crippen molar-refractivity contribution >= 4 is 15.9 Å². The van der Waals surface area contributed by atoms with Crippen LogP contribution in [0.1, 0.15) is 29.9 Å². The van der Waals surface area contributed by atoms with Crippen LogP contribution in [0.3, 0.4) is 0 Å². The summed E-state index contributed by atoms with van der Waals surface area (Å²) >= 11 is 2.52. The number of phenolic OH excluding ortho intramolecular Hbond substituents is 1. The average molecular weight is 299 g/mol. The van der Waals surface area contributed by atoms with E-state index < -0.39 is 27.8 Å². The Kier molecular flexibility index (Phi) is 2.64. The lowest BCUT2D eigenvalue weighted by atomic mass is 10.0. The lowest BCUT2D eigenvalue weighted by Crippen LogP contribution is -2.08. The second kappa shape index (κ2) is 3.61. The summed E-state index contributed by atoms with van der Waals surface area (Å²) in [7, 11) is 0. The number of aromatic hydroxyl groups is 1. The van der Waals surface area contributed by atoms with Gasteiger partial charge in [-0.25, -0.2) is 4.39 Å². The van der Waals surface area contributed by atoms with E-state index in [1.54, 1.807) is 0 Å². The molecule has 0 atom stereocenters. The first kappa shape index (κ1) is 11.7. The molecule has 0 heterocycles. The van der Waals surface area contributed by atoms with E-state index in [4.69, 9.17) is 0 Å². The molecule has 1 aliphatic rings. The molecule has 0 unspecified atom stereocenters. The van der Waals surface area contributed by atoms with Gasteiger partial charge >= 0.3 is 6.18 Å². The fourth-order valence-electron chi connectivity index (χ4n) is 1.55. The summed E-state index contributed by atoms with van der Waals surface area (Å²) in [6, 6.07) is 0.820. The summed E-state index contributed by atoms with van der Waals surface area (Å²) in [6.45, 7) is 0. The molecule has 1 N–H and O–H groups in total. The molecule has 0 amide bonds. The van der Waals surface area contributed by atoms with Gasteiger partial charge in [-0.15, -0.1) is 0 Å². The molecule has 0 radical (unpaired) electrons. The van der Waals surface area contributed by atoms with Crippen LogP contribution in [0.2, 0.25) is 0 Å². The van der Waals surface area contributed by atoms with Gasteiger partial charge in [0.1, 0.15) is 0 Å². The quantitative estimate of drug-likeness (QED) is 0.771. The number of hydrogen-bond acceptors (Lipinski definition) is 1. The molecule has 0 aliphatic heterocycles. The summed E-state index contributed by atoms with van der Waals surface area (Å²) in [6.07, 6.45) is -3.26. The van der Waals surface area contributed by atoms with E-state index in [0.717, 1.165) is 6.07 Å². The van der Waals surface area contributed by atoms with E-state index in [0.29, 0.717) is 12.8 Å². The monoisotopic (exact) mass is 298 g/mol. The molecule has 2 rings (SSSR count). The van der Waals surface area contributed by atoms with Gasteiger partial charge in [-0.05, 0) is 40.8 Å². The molecule has 1 aliphatic carbocycles. The average Bonchev–Trinajstić information content (AvgIpc) is 2.96. The largest absolute Gasteiger partial charge is 0.505 e. The Morgan fingerprint density at radius 1 is 1.31 bits per heavy atom. The normalized spacial score (nSPS) is 16.6. The van der Waals surface area contributed by atoms with E-state index in [1.165, 1.54) is 0 Å². The smallest absolute Gasteiger partial charge is 0.417 e. The number of alkyl halides is 3. The highest BCUT2D eigenvalue weighted by molar-refractivity contribution is 9.10. The molecule has 0 aromatic heterocycles. The molecule has 1 aromatic carbocycles. The first-order chi connectivity index (χ1) is 7.32. The standard InChI is InChI=1S/C10H7BrF4O/c11-7-6(10(13,14)15)3-5(4-1-2-4)9(16)8(7)12/h3-4,16H,1-2H2. The molecule has 0 spiro atoms. The maximum absolute atomic E-state index is 13.4. The van der Waals surface area contributed by atoms with Crippen molar-refractivity contribution in [3.8, 4) is 5.75 Å². The van der Waals surface area contributed by atoms with E-state index in [9.17, 15) is 22.7 Å². The molecule has 16 heavy (non-hydrogen) atoms. The van der Waals surface area contributed by atoms with E-state index in [1.807, 2.05) is 0 Å². The van der Waals surface area contributed by atoms with E-state index in [-0.39, 0.29) is 11.5 Å². The Morgan fingerprint density at radius 2 is 1.88 bits per heavy atom. The molecule has 0 bridgehead atoms. The summed E-state index contributed by atoms with van der Waals surface area (Å²) in [5, 5.41) is 9.41. The van der Waals surface area contributed by atoms with Crippen LogP contribution >= 0.6 is 15.9 Å². The highest BCUT2D eigenvalue weighted by Crippen LogP contribution is 2.49. The van der Waals surface area contributed by atoms with Crippen molar-refractivity contribution in [2.75, 3.05) is 0 Å². The lowest BCUT2D eigenvalue weighted by Gasteiger charge is -2.13. The van der Waals surface area contributed by atoms with Crippen molar-refractivity contribution < 1.29 is 22.7 Å². The van der Waals surface area contributed by atoms with Crippen LogP contribution < -0.4 is 0 Å². The molecule has 1 nitrogen and oxygen atoms in total. The zero-order valence-electron chi connectivity index (χ0n) is 7.91. The highest BCUT2D eigenvalue weighted by Gasteiger charge is 2.38. The van der Waals surface area contributed by atoms with E-state index in [2.05, 4.69) is 15.9 Å². The van der Waals surface area contributed by atoms with Crippen molar-refractivity contribution in [2.24, 2.45) is 0 Å². The van der Waals surface area contributed by atoms with Crippen molar-refractivity contribution in [1.82, 2.24) is 0 Å². The number of halogens is 5. The molecule has 0 saturated heterocycles. The van der Waals surface area contributed by atoms with Gasteiger partial charge in [-0.1, -0.05) is 0 Å². The molecular formula is C10H7BrF4O. The fourth-order valence-corrected chi connectivity index (χ4v) is 2.07. The lowest BCUT2D eigenvalue weighted by molar-refractivity contribution is -0.138. The maximum atomic E-state index is 13.4. The third-order valence-electron chi connectivity index (χ3n) is 2.53. The van der Waals surface area contributed by atoms with Crippen LogP contribution in [0.15, 0.2) is 10.5 Å². The van der Waals surface area contributed by atoms with Crippen molar-refractivity contribution in [2.45, 2.75) is 24.9 Å². The van der Waals surface area contributed by atoms with Crippen molar-refractivity contribution in [3.05, 3.63) is 27.5 Å². The molecule has 6 heteroatoms. The molecule has 88 valence electrons. The van der Waals surface area contributed by atoms with Gasteiger partial charge in [0.05, 0.1) is 10.0 Å². The van der Waals surface area contributed by atoms with Crippen LogP contribution in [0, 0.1) is 5.82 Å². The summed E-state index contributed by atoms with van der Waals surface area (Å²) in [5.41, 5.74) is -1.03. The summed E-state index contributed by atoms with van der Waals surface area (Å²) < 4.78 is 50.3. The Balaban J connectivity index is 2.62. The van der Waals surface area contributed by atoms with Gasteiger partial charge in [-0.2, -0.15) is 13.2 Å². The number of rotatable bonds is 1. The summed E-state index contributed by atoms with van der Waals surface area (Å²) in [5.74, 6) is -2.07. The summed E-state index contributed by atoms with van der Waals surface area (Å²) in [4.78, 5) is 0. The molecular weight excluding hydrogens is 292 g/mol. The predicted octanol–water partition coefficient (Wildman–Crippen LogP) is 4.19. The van der Waals surface area contributed by atoms with Gasteiger partial charge in [0.25, 0.3) is 0 Å². The van der Waals surface area contributed by atoms with Crippen LogP contribution in [0.4, 0.5) is 17.6 Å². The van der Waals surface area contributed by atoms with Gasteiger partial charge in [-0.3, -0.25) is 0 Å². The third kappa shape index (κ3) is 1.90. The molecule has 1 saturated carbocycles. The first-order valence-electron chi connectivity index (χ1n) is 4.60. The first-order valence-corrected chi connectivity index (χ1v) is 5.39. The Labute approximate surface area is 97.2 Å². The zero-order chi connectivity index (χ0) is 12.1. The second-order valence-electron chi connectivity index (χ2n) is 3.76. The SMILES string of the molecule is Oc1c(C2CC2)cc(C(F)(F)F)c(Br)c1F. The third-order valence-corrected chi connectivity index (χ3v) is 3.31. The van der Waals surface area contributed by atoms with Crippen LogP contribution in [-0.4, -0.2) is 5.11 Å². The highest BCUT2D eigenvalue weighted by atomic mass is 79.9. The minimum atomic E-state index is -4.63. The number of hydrogen-bond donors (Lipinski definition) is 1. The Morgan fingerprint density at radius 3 is 2.31 bits per heavy atom. The topological polar surface area (TPSA) is 20.2 Å². The van der Waals surface area contributed by atoms with Gasteiger partial charge in [0.15, 0.2) is 11.6 Å². The van der Waals surface area contributed by atoms with Crippen LogP contribution in [0.5, 0.6) is 5.75 Å². The number of benzene rings is 1. The van der Waals surface area contributed by atoms with Gasteiger partial charge < -0.3 is 5.11 Å². The van der Waals surface area contributed by atoms with Gasteiger partial charge in [0, 0.05) is 5.56 Å². The zero-order valence-corrected chi connectivity index (χ0v) is 9.49. The minimum absolute atomic E-state index is 0.0491. The van der Waals surface area contributed by atoms with Crippen molar-refractivity contribution in [1.29, 1.82) is 0 Å². The fraction of sp³-hybridized carbons (Fsp3) is 0.400. The van der Waals surface area contributed by atoms with Crippen molar-refractivity contribution in [3.63, 3.8) is 0 Å². The van der Waals surface area contributed by atoms with Gasteiger partial charge in [0.2, 0.25) is 0 Å². The maximum Gasteiger partial charge on any atom is 0.417 e. The van der Waals surface area contributed by atoms with Crippen LogP contribution in [0.25, 0.3) is 0 Å². The Hall–Kier alpha value is -0.780. The molecule has 1 fully saturated rings. The van der Waals surface area contributed by atoms with E-state index >= 15 is 0 Å². The number of phenols is 1. The predicted molar refractivity (Wildman–Crippen MR) is 52.7 cm³/mol. The Bertz CT molecular complexity index is 437. The van der Waals surface area contributed by atoms with Crippen LogP contribution in [-0.2, 0) is 6.18 Å². The molecule has 1 aromatic rings. The minimum Gasteiger partial charge on any atom is -0.505 e. The second-order valence-corrected chi connectivity index (χ2v) is 4.55.